The Hall–Kier alpha value is -2.37. The van der Waals surface area contributed by atoms with E-state index in [1.165, 1.54) is 0 Å². The maximum atomic E-state index is 5.29. The summed E-state index contributed by atoms with van der Waals surface area (Å²) in [5.74, 6) is 2.66. The van der Waals surface area contributed by atoms with Crippen LogP contribution in [0.25, 0.3) is 0 Å². The second-order valence-corrected chi connectivity index (χ2v) is 3.80. The number of ether oxygens (including phenoxy) is 3. The van der Waals surface area contributed by atoms with Gasteiger partial charge in [0.1, 0.15) is 5.82 Å². The second-order valence-electron chi connectivity index (χ2n) is 3.80. The molecule has 0 bridgehead atoms. The maximum Gasteiger partial charge on any atom is 0.203 e. The summed E-state index contributed by atoms with van der Waals surface area (Å²) in [6.45, 7) is 0.589. The normalized spacial score (nSPS) is 10.1. The van der Waals surface area contributed by atoms with Gasteiger partial charge in [0.05, 0.1) is 27.9 Å². The molecule has 0 spiro atoms. The van der Waals surface area contributed by atoms with E-state index in [2.05, 4.69) is 15.3 Å². The first-order valence-electron chi connectivity index (χ1n) is 5.80. The van der Waals surface area contributed by atoms with E-state index in [1.807, 2.05) is 12.1 Å². The minimum Gasteiger partial charge on any atom is -0.493 e. The van der Waals surface area contributed by atoms with Gasteiger partial charge in [-0.05, 0) is 0 Å². The van der Waals surface area contributed by atoms with E-state index in [-0.39, 0.29) is 0 Å². The lowest BCUT2D eigenvalue weighted by Crippen LogP contribution is -2.03. The molecule has 0 amide bonds. The fraction of sp³-hybridized carbons (Fsp3) is 0.308. The molecular weight excluding hydrogens is 246 g/mol. The van der Waals surface area contributed by atoms with Crippen LogP contribution in [0, 0.1) is 0 Å². The smallest absolute Gasteiger partial charge is 0.203 e. The first kappa shape index (κ1) is 13.1. The van der Waals surface area contributed by atoms with Gasteiger partial charge in [-0.15, -0.1) is 0 Å². The average Bonchev–Trinajstić information content (AvgIpc) is 2.97. The summed E-state index contributed by atoms with van der Waals surface area (Å²) >= 11 is 0. The summed E-state index contributed by atoms with van der Waals surface area (Å²) < 4.78 is 15.8. The van der Waals surface area contributed by atoms with Crippen LogP contribution in [0.1, 0.15) is 5.82 Å². The molecule has 2 N–H and O–H groups in total. The fourth-order valence-electron chi connectivity index (χ4n) is 1.76. The molecule has 0 saturated heterocycles. The van der Waals surface area contributed by atoms with Crippen LogP contribution >= 0.6 is 0 Å². The van der Waals surface area contributed by atoms with Crippen molar-refractivity contribution >= 4 is 5.69 Å². The molecule has 0 aliphatic heterocycles. The van der Waals surface area contributed by atoms with E-state index < -0.39 is 0 Å². The van der Waals surface area contributed by atoms with Crippen molar-refractivity contribution in [3.8, 4) is 17.2 Å². The molecule has 6 nitrogen and oxygen atoms in total. The monoisotopic (exact) mass is 263 g/mol. The largest absolute Gasteiger partial charge is 0.493 e. The van der Waals surface area contributed by atoms with Gasteiger partial charge in [-0.3, -0.25) is 0 Å². The zero-order valence-corrected chi connectivity index (χ0v) is 11.2. The number of aromatic amines is 1. The number of methoxy groups -OCH3 is 3. The van der Waals surface area contributed by atoms with Gasteiger partial charge in [-0.2, -0.15) is 0 Å². The maximum absolute atomic E-state index is 5.29. The highest BCUT2D eigenvalue weighted by molar-refractivity contribution is 5.62. The van der Waals surface area contributed by atoms with Gasteiger partial charge >= 0.3 is 0 Å². The Labute approximate surface area is 111 Å². The Bertz CT molecular complexity index is 501. The molecule has 1 heterocycles. The quantitative estimate of drug-likeness (QED) is 0.834. The third-order valence-electron chi connectivity index (χ3n) is 2.68. The molecule has 0 radical (unpaired) electrons. The minimum atomic E-state index is 0.577. The van der Waals surface area contributed by atoms with Crippen LogP contribution in [-0.4, -0.2) is 31.3 Å². The standard InChI is InChI=1S/C13H17N3O3/c1-17-10-6-9(7-11(18-2)13(10)19-3)16-8-12-14-4-5-15-12/h4-7,16H,8H2,1-3H3,(H,14,15). The van der Waals surface area contributed by atoms with Crippen LogP contribution in [0.2, 0.25) is 0 Å². The number of anilines is 1. The first-order chi connectivity index (χ1) is 9.28. The summed E-state index contributed by atoms with van der Waals surface area (Å²) in [7, 11) is 4.76. The molecule has 6 heteroatoms. The molecule has 0 atom stereocenters. The van der Waals surface area contributed by atoms with Crippen LogP contribution in [-0.2, 0) is 6.54 Å². The highest BCUT2D eigenvalue weighted by atomic mass is 16.5. The number of hydrogen-bond acceptors (Lipinski definition) is 5. The van der Waals surface area contributed by atoms with Crippen LogP contribution < -0.4 is 19.5 Å². The summed E-state index contributed by atoms with van der Waals surface area (Å²) in [5, 5.41) is 3.24. The van der Waals surface area contributed by atoms with Crippen molar-refractivity contribution in [2.45, 2.75) is 6.54 Å². The van der Waals surface area contributed by atoms with Crippen LogP contribution in [0.3, 0.4) is 0 Å². The van der Waals surface area contributed by atoms with Gasteiger partial charge in [0.25, 0.3) is 0 Å². The van der Waals surface area contributed by atoms with Crippen LogP contribution in [0.5, 0.6) is 17.2 Å². The molecule has 0 unspecified atom stereocenters. The molecule has 1 aromatic carbocycles. The zero-order chi connectivity index (χ0) is 13.7. The number of rotatable bonds is 6. The summed E-state index contributed by atoms with van der Waals surface area (Å²) in [6.07, 6.45) is 3.50. The zero-order valence-electron chi connectivity index (χ0n) is 11.2. The molecule has 0 fully saturated rings. The van der Waals surface area contributed by atoms with Gasteiger partial charge in [-0.25, -0.2) is 4.98 Å². The van der Waals surface area contributed by atoms with E-state index in [1.54, 1.807) is 33.7 Å². The lowest BCUT2D eigenvalue weighted by Gasteiger charge is -2.14. The molecule has 102 valence electrons. The van der Waals surface area contributed by atoms with E-state index in [4.69, 9.17) is 14.2 Å². The SMILES string of the molecule is COc1cc(NCc2ncc[nH]2)cc(OC)c1OC. The lowest BCUT2D eigenvalue weighted by molar-refractivity contribution is 0.324. The van der Waals surface area contributed by atoms with Crippen molar-refractivity contribution in [3.05, 3.63) is 30.4 Å². The Balaban J connectivity index is 2.20. The molecule has 19 heavy (non-hydrogen) atoms. The minimum absolute atomic E-state index is 0.577. The highest BCUT2D eigenvalue weighted by Crippen LogP contribution is 2.39. The molecule has 0 saturated carbocycles. The number of nitrogens with zero attached hydrogens (tertiary/aromatic N) is 1. The summed E-state index contributed by atoms with van der Waals surface area (Å²) in [5.41, 5.74) is 0.867. The van der Waals surface area contributed by atoms with Gasteiger partial charge in [0.2, 0.25) is 5.75 Å². The lowest BCUT2D eigenvalue weighted by atomic mass is 10.2. The van der Waals surface area contributed by atoms with Crippen molar-refractivity contribution in [1.82, 2.24) is 9.97 Å². The molecule has 0 aliphatic rings. The van der Waals surface area contributed by atoms with Gasteiger partial charge in [-0.1, -0.05) is 0 Å². The third kappa shape index (κ3) is 2.90. The Morgan fingerprint density at radius 3 is 2.26 bits per heavy atom. The van der Waals surface area contributed by atoms with Crippen molar-refractivity contribution in [3.63, 3.8) is 0 Å². The van der Waals surface area contributed by atoms with Crippen molar-refractivity contribution in [2.24, 2.45) is 0 Å². The van der Waals surface area contributed by atoms with Gasteiger partial charge in [0.15, 0.2) is 11.5 Å². The number of imidazole rings is 1. The summed E-state index contributed by atoms with van der Waals surface area (Å²) in [6, 6.07) is 3.70. The third-order valence-corrected chi connectivity index (χ3v) is 2.68. The van der Waals surface area contributed by atoms with Crippen molar-refractivity contribution in [2.75, 3.05) is 26.6 Å². The van der Waals surface area contributed by atoms with Gasteiger partial charge < -0.3 is 24.5 Å². The number of nitrogens with one attached hydrogen (secondary N) is 2. The van der Waals surface area contributed by atoms with E-state index in [9.17, 15) is 0 Å². The van der Waals surface area contributed by atoms with E-state index in [0.717, 1.165) is 11.5 Å². The van der Waals surface area contributed by atoms with E-state index in [0.29, 0.717) is 23.8 Å². The van der Waals surface area contributed by atoms with Crippen LogP contribution in [0.4, 0.5) is 5.69 Å². The van der Waals surface area contributed by atoms with Crippen molar-refractivity contribution in [1.29, 1.82) is 0 Å². The summed E-state index contributed by atoms with van der Waals surface area (Å²) in [4.78, 5) is 7.17. The molecule has 1 aromatic heterocycles. The number of hydrogen-bond donors (Lipinski definition) is 2. The van der Waals surface area contributed by atoms with Gasteiger partial charge in [0, 0.05) is 30.2 Å². The van der Waals surface area contributed by atoms with Crippen LogP contribution in [0.15, 0.2) is 24.5 Å². The first-order valence-corrected chi connectivity index (χ1v) is 5.80. The van der Waals surface area contributed by atoms with Crippen molar-refractivity contribution < 1.29 is 14.2 Å². The molecule has 2 aromatic rings. The second kappa shape index (κ2) is 5.99. The fourth-order valence-corrected chi connectivity index (χ4v) is 1.76. The number of benzene rings is 1. The Morgan fingerprint density at radius 2 is 1.79 bits per heavy atom. The molecular formula is C13H17N3O3. The predicted molar refractivity (Wildman–Crippen MR) is 72.0 cm³/mol. The molecule has 0 aliphatic carbocycles. The van der Waals surface area contributed by atoms with E-state index >= 15 is 0 Å². The predicted octanol–water partition coefficient (Wildman–Crippen LogP) is 2.05. The highest BCUT2D eigenvalue weighted by Gasteiger charge is 2.13. The Kier molecular flexibility index (Phi) is 4.12. The Morgan fingerprint density at radius 1 is 1.11 bits per heavy atom. The average molecular weight is 263 g/mol. The molecule has 2 rings (SSSR count). The number of H-pyrrole nitrogens is 1. The topological polar surface area (TPSA) is 68.4 Å². The number of aromatic nitrogens is 2.